The van der Waals surface area contributed by atoms with Crippen LogP contribution >= 0.6 is 23.2 Å². The van der Waals surface area contributed by atoms with Crippen molar-refractivity contribution < 1.29 is 5.11 Å². The zero-order valence-electron chi connectivity index (χ0n) is 4.64. The van der Waals surface area contributed by atoms with Gasteiger partial charge < -0.3 is 5.11 Å². The molecule has 1 unspecified atom stereocenters. The fraction of sp³-hybridized carbons (Fsp3) is 0.333. The van der Waals surface area contributed by atoms with E-state index in [4.69, 9.17) is 28.3 Å². The zero-order chi connectivity index (χ0) is 6.85. The minimum Gasteiger partial charge on any atom is -0.507 e. The molecule has 1 N–H and O–H groups in total. The van der Waals surface area contributed by atoms with E-state index >= 15 is 0 Å². The van der Waals surface area contributed by atoms with Crippen molar-refractivity contribution in [2.75, 3.05) is 0 Å². The van der Waals surface area contributed by atoms with Gasteiger partial charge in [0.15, 0.2) is 0 Å². The average molecular weight is 165 g/mol. The molecular formula is C6H6Cl2O. The number of halogens is 2. The maximum atomic E-state index is 8.92. The molecule has 0 fully saturated rings. The van der Waals surface area contributed by atoms with Crippen LogP contribution in [-0.4, -0.2) is 10.5 Å². The fourth-order valence-corrected chi connectivity index (χ4v) is 1.00. The summed E-state index contributed by atoms with van der Waals surface area (Å²) in [5.74, 6) is 0.0860. The van der Waals surface area contributed by atoms with Gasteiger partial charge in [-0.2, -0.15) is 0 Å². The molecule has 0 heterocycles. The van der Waals surface area contributed by atoms with Crippen molar-refractivity contribution in [3.63, 3.8) is 0 Å². The Labute approximate surface area is 63.6 Å². The number of aliphatic hydroxyl groups is 1. The monoisotopic (exact) mass is 164 g/mol. The number of aliphatic hydroxyl groups excluding tert-OH is 1. The lowest BCUT2D eigenvalue weighted by atomic mass is 10.2. The summed E-state index contributed by atoms with van der Waals surface area (Å²) in [6.07, 6.45) is 3.93. The molecule has 0 aliphatic heterocycles. The van der Waals surface area contributed by atoms with Crippen LogP contribution in [0.15, 0.2) is 22.9 Å². The van der Waals surface area contributed by atoms with Gasteiger partial charge in [0.05, 0.1) is 10.4 Å². The summed E-state index contributed by atoms with van der Waals surface area (Å²) in [4.78, 5) is 0. The van der Waals surface area contributed by atoms with Crippen LogP contribution in [0.3, 0.4) is 0 Å². The molecule has 1 aliphatic carbocycles. The first-order chi connectivity index (χ1) is 4.20. The zero-order valence-corrected chi connectivity index (χ0v) is 6.15. The van der Waals surface area contributed by atoms with Gasteiger partial charge in [0, 0.05) is 0 Å². The van der Waals surface area contributed by atoms with Crippen LogP contribution in [0.5, 0.6) is 0 Å². The van der Waals surface area contributed by atoms with Crippen LogP contribution in [-0.2, 0) is 0 Å². The quantitative estimate of drug-likeness (QED) is 0.547. The summed E-state index contributed by atoms with van der Waals surface area (Å²) in [6, 6.07) is 0. The molecule has 1 nitrogen and oxygen atoms in total. The lowest BCUT2D eigenvalue weighted by molar-refractivity contribution is 0.424. The van der Waals surface area contributed by atoms with Gasteiger partial charge in [0.25, 0.3) is 0 Å². The second-order valence-corrected chi connectivity index (χ2v) is 2.82. The van der Waals surface area contributed by atoms with Crippen LogP contribution < -0.4 is 0 Å². The average Bonchev–Trinajstić information content (AvgIpc) is 1.80. The number of hydrogen-bond donors (Lipinski definition) is 1. The van der Waals surface area contributed by atoms with Crippen LogP contribution in [0.25, 0.3) is 0 Å². The summed E-state index contributed by atoms with van der Waals surface area (Å²) >= 11 is 11.2. The third-order valence-electron chi connectivity index (χ3n) is 1.11. The van der Waals surface area contributed by atoms with Gasteiger partial charge in [0.2, 0.25) is 0 Å². The third kappa shape index (κ3) is 1.63. The van der Waals surface area contributed by atoms with Crippen molar-refractivity contribution in [2.45, 2.75) is 11.8 Å². The number of allylic oxidation sites excluding steroid dienone is 3. The van der Waals surface area contributed by atoms with Gasteiger partial charge in [-0.1, -0.05) is 17.7 Å². The van der Waals surface area contributed by atoms with E-state index in [1.807, 2.05) is 0 Å². The Morgan fingerprint density at radius 3 is 2.78 bits per heavy atom. The van der Waals surface area contributed by atoms with E-state index in [0.29, 0.717) is 11.5 Å². The van der Waals surface area contributed by atoms with Crippen LogP contribution in [0.4, 0.5) is 0 Å². The Morgan fingerprint density at radius 1 is 1.67 bits per heavy atom. The SMILES string of the molecule is OC1=CC(Cl)CC=C1Cl. The van der Waals surface area contributed by atoms with E-state index in [-0.39, 0.29) is 11.1 Å². The Balaban J connectivity index is 2.75. The molecule has 1 aliphatic rings. The molecule has 50 valence electrons. The molecule has 0 bridgehead atoms. The molecule has 0 radical (unpaired) electrons. The van der Waals surface area contributed by atoms with E-state index in [9.17, 15) is 0 Å². The molecule has 0 saturated carbocycles. The van der Waals surface area contributed by atoms with E-state index in [0.717, 1.165) is 0 Å². The van der Waals surface area contributed by atoms with Crippen LogP contribution in [0, 0.1) is 0 Å². The van der Waals surface area contributed by atoms with Gasteiger partial charge in [-0.3, -0.25) is 0 Å². The van der Waals surface area contributed by atoms with Gasteiger partial charge in [-0.25, -0.2) is 0 Å². The van der Waals surface area contributed by atoms with Crippen molar-refractivity contribution in [3.8, 4) is 0 Å². The highest BCUT2D eigenvalue weighted by molar-refractivity contribution is 6.32. The van der Waals surface area contributed by atoms with E-state index < -0.39 is 0 Å². The Morgan fingerprint density at radius 2 is 2.33 bits per heavy atom. The number of alkyl halides is 1. The van der Waals surface area contributed by atoms with Crippen LogP contribution in [0.1, 0.15) is 6.42 Å². The van der Waals surface area contributed by atoms with Crippen molar-refractivity contribution >= 4 is 23.2 Å². The molecule has 0 aromatic carbocycles. The molecule has 0 saturated heterocycles. The second kappa shape index (κ2) is 2.63. The van der Waals surface area contributed by atoms with Gasteiger partial charge in [0.1, 0.15) is 5.76 Å². The molecule has 0 amide bonds. The Kier molecular flexibility index (Phi) is 2.04. The predicted molar refractivity (Wildman–Crippen MR) is 38.9 cm³/mol. The molecule has 0 aromatic rings. The third-order valence-corrected chi connectivity index (χ3v) is 1.76. The fourth-order valence-electron chi connectivity index (χ4n) is 0.640. The largest absolute Gasteiger partial charge is 0.507 e. The lowest BCUT2D eigenvalue weighted by Gasteiger charge is -2.07. The first-order valence-corrected chi connectivity index (χ1v) is 3.42. The number of hydrogen-bond acceptors (Lipinski definition) is 1. The summed E-state index contributed by atoms with van der Waals surface area (Å²) in [5.41, 5.74) is 0. The topological polar surface area (TPSA) is 20.2 Å². The van der Waals surface area contributed by atoms with Crippen LogP contribution in [0.2, 0.25) is 0 Å². The van der Waals surface area contributed by atoms with E-state index in [2.05, 4.69) is 0 Å². The first kappa shape index (κ1) is 6.97. The highest BCUT2D eigenvalue weighted by Crippen LogP contribution is 2.22. The molecule has 0 spiro atoms. The standard InChI is InChI=1S/C6H6Cl2O/c7-4-1-2-5(8)6(9)3-4/h2-4,9H,1H2. The smallest absolute Gasteiger partial charge is 0.131 e. The van der Waals surface area contributed by atoms with Crippen molar-refractivity contribution in [2.24, 2.45) is 0 Å². The highest BCUT2D eigenvalue weighted by Gasteiger charge is 2.09. The molecular weight excluding hydrogens is 159 g/mol. The van der Waals surface area contributed by atoms with Gasteiger partial charge >= 0.3 is 0 Å². The summed E-state index contributed by atoms with van der Waals surface area (Å²) in [6.45, 7) is 0. The summed E-state index contributed by atoms with van der Waals surface area (Å²) < 4.78 is 0. The van der Waals surface area contributed by atoms with Crippen molar-refractivity contribution in [1.29, 1.82) is 0 Å². The molecule has 1 atom stereocenters. The molecule has 1 rings (SSSR count). The van der Waals surface area contributed by atoms with Crippen molar-refractivity contribution in [3.05, 3.63) is 22.9 Å². The summed E-state index contributed by atoms with van der Waals surface area (Å²) in [7, 11) is 0. The minimum absolute atomic E-state index is 0.0860. The maximum Gasteiger partial charge on any atom is 0.131 e. The summed E-state index contributed by atoms with van der Waals surface area (Å²) in [5, 5.41) is 9.22. The predicted octanol–water partition coefficient (Wildman–Crippen LogP) is 2.56. The molecule has 9 heavy (non-hydrogen) atoms. The van der Waals surface area contributed by atoms with Gasteiger partial charge in [-0.05, 0) is 12.5 Å². The maximum absolute atomic E-state index is 8.92. The van der Waals surface area contributed by atoms with Crippen molar-refractivity contribution in [1.82, 2.24) is 0 Å². The van der Waals surface area contributed by atoms with E-state index in [1.165, 1.54) is 6.08 Å². The Hall–Kier alpha value is -0.140. The Bertz CT molecular complexity index is 172. The highest BCUT2D eigenvalue weighted by atomic mass is 35.5. The minimum atomic E-state index is -0.104. The van der Waals surface area contributed by atoms with Gasteiger partial charge in [-0.15, -0.1) is 11.6 Å². The molecule has 3 heteroatoms. The second-order valence-electron chi connectivity index (χ2n) is 1.86. The first-order valence-electron chi connectivity index (χ1n) is 2.61. The normalized spacial score (nSPS) is 27.1. The van der Waals surface area contributed by atoms with E-state index in [1.54, 1.807) is 6.08 Å². The lowest BCUT2D eigenvalue weighted by Crippen LogP contribution is -1.99. The number of rotatable bonds is 0. The molecule has 0 aromatic heterocycles.